The summed E-state index contributed by atoms with van der Waals surface area (Å²) in [4.78, 5) is 11.5. The average Bonchev–Trinajstić information content (AvgIpc) is 2.30. The molecule has 1 heterocycles. The van der Waals surface area contributed by atoms with Gasteiger partial charge in [-0.3, -0.25) is 9.36 Å². The lowest BCUT2D eigenvalue weighted by atomic mass is 10.1. The van der Waals surface area contributed by atoms with Crippen LogP contribution in [0.5, 0.6) is 5.88 Å². The summed E-state index contributed by atoms with van der Waals surface area (Å²) in [5.41, 5.74) is 0.980. The number of nitrogens with zero attached hydrogens (tertiary/aromatic N) is 1. The minimum Gasteiger partial charge on any atom is -0.494 e. The van der Waals surface area contributed by atoms with Gasteiger partial charge in [0.1, 0.15) is 0 Å². The Morgan fingerprint density at radius 1 is 1.00 bits per heavy atom. The van der Waals surface area contributed by atoms with Gasteiger partial charge in [0.2, 0.25) is 0 Å². The number of rotatable bonds is 3. The summed E-state index contributed by atoms with van der Waals surface area (Å²) in [6.07, 6.45) is 0.734. The Labute approximate surface area is 93.6 Å². The number of aryl methyl sites for hydroxylation is 1. The van der Waals surface area contributed by atoms with Gasteiger partial charge in [0.25, 0.3) is 5.56 Å². The second-order valence-electron chi connectivity index (χ2n) is 3.61. The summed E-state index contributed by atoms with van der Waals surface area (Å²) in [7, 11) is 0. The molecule has 0 amide bonds. The first-order valence-corrected chi connectivity index (χ1v) is 5.20. The van der Waals surface area contributed by atoms with E-state index >= 15 is 0 Å². The molecule has 0 aliphatic carbocycles. The van der Waals surface area contributed by atoms with Crippen LogP contribution in [-0.4, -0.2) is 9.67 Å². The van der Waals surface area contributed by atoms with Gasteiger partial charge in [0, 0.05) is 12.6 Å². The van der Waals surface area contributed by atoms with E-state index in [1.54, 1.807) is 6.07 Å². The molecule has 2 aromatic rings. The van der Waals surface area contributed by atoms with Gasteiger partial charge in [-0.25, -0.2) is 0 Å². The number of aromatic nitrogens is 1. The molecule has 1 N–H and O–H groups in total. The van der Waals surface area contributed by atoms with Gasteiger partial charge in [0.05, 0.1) is 0 Å². The first kappa shape index (κ1) is 10.5. The Kier molecular flexibility index (Phi) is 3.05. The van der Waals surface area contributed by atoms with Crippen LogP contribution in [0.4, 0.5) is 0 Å². The van der Waals surface area contributed by atoms with E-state index in [0.717, 1.165) is 12.0 Å². The molecule has 0 spiro atoms. The van der Waals surface area contributed by atoms with Crippen LogP contribution in [-0.2, 0) is 13.0 Å². The van der Waals surface area contributed by atoms with Crippen molar-refractivity contribution < 1.29 is 5.11 Å². The van der Waals surface area contributed by atoms with E-state index in [9.17, 15) is 9.90 Å². The SMILES string of the molecule is O=c1cccc(O)n1CCc1ccccc1. The molecule has 0 bridgehead atoms. The van der Waals surface area contributed by atoms with E-state index in [4.69, 9.17) is 0 Å². The first-order valence-electron chi connectivity index (χ1n) is 5.20. The maximum absolute atomic E-state index is 11.5. The van der Waals surface area contributed by atoms with Crippen molar-refractivity contribution in [1.82, 2.24) is 4.57 Å². The summed E-state index contributed by atoms with van der Waals surface area (Å²) >= 11 is 0. The third-order valence-corrected chi connectivity index (χ3v) is 2.49. The van der Waals surface area contributed by atoms with Crippen molar-refractivity contribution in [3.8, 4) is 5.88 Å². The van der Waals surface area contributed by atoms with Crippen LogP contribution in [0.2, 0.25) is 0 Å². The van der Waals surface area contributed by atoms with Crippen molar-refractivity contribution in [2.24, 2.45) is 0 Å². The van der Waals surface area contributed by atoms with E-state index in [1.807, 2.05) is 30.3 Å². The molecule has 1 aromatic heterocycles. The number of hydrogen-bond donors (Lipinski definition) is 1. The molecule has 0 saturated heterocycles. The number of pyridine rings is 1. The molecule has 0 fully saturated rings. The number of hydrogen-bond acceptors (Lipinski definition) is 2. The van der Waals surface area contributed by atoms with Gasteiger partial charge in [-0.05, 0) is 18.1 Å². The van der Waals surface area contributed by atoms with Gasteiger partial charge in [-0.15, -0.1) is 0 Å². The van der Waals surface area contributed by atoms with Crippen LogP contribution in [0.3, 0.4) is 0 Å². The lowest BCUT2D eigenvalue weighted by Gasteiger charge is -2.07. The maximum atomic E-state index is 11.5. The van der Waals surface area contributed by atoms with Gasteiger partial charge in [-0.1, -0.05) is 36.4 Å². The highest BCUT2D eigenvalue weighted by molar-refractivity contribution is 5.16. The maximum Gasteiger partial charge on any atom is 0.253 e. The molecular weight excluding hydrogens is 202 g/mol. The molecule has 0 saturated carbocycles. The zero-order chi connectivity index (χ0) is 11.4. The summed E-state index contributed by atoms with van der Waals surface area (Å²) in [5.74, 6) is 0.0171. The largest absolute Gasteiger partial charge is 0.494 e. The van der Waals surface area contributed by atoms with Crippen molar-refractivity contribution in [3.63, 3.8) is 0 Å². The van der Waals surface area contributed by atoms with Gasteiger partial charge >= 0.3 is 0 Å². The summed E-state index contributed by atoms with van der Waals surface area (Å²) < 4.78 is 1.37. The van der Waals surface area contributed by atoms with Crippen LogP contribution in [0.1, 0.15) is 5.56 Å². The third-order valence-electron chi connectivity index (χ3n) is 2.49. The fraction of sp³-hybridized carbons (Fsp3) is 0.154. The molecule has 0 unspecified atom stereocenters. The molecule has 3 heteroatoms. The van der Waals surface area contributed by atoms with Crippen molar-refractivity contribution >= 4 is 0 Å². The predicted molar refractivity (Wildman–Crippen MR) is 62.5 cm³/mol. The molecule has 1 aromatic carbocycles. The van der Waals surface area contributed by atoms with Crippen LogP contribution < -0.4 is 5.56 Å². The second-order valence-corrected chi connectivity index (χ2v) is 3.61. The van der Waals surface area contributed by atoms with E-state index in [1.165, 1.54) is 16.7 Å². The van der Waals surface area contributed by atoms with Gasteiger partial charge < -0.3 is 5.11 Å². The molecule has 0 aliphatic heterocycles. The lowest BCUT2D eigenvalue weighted by Crippen LogP contribution is -2.19. The molecule has 16 heavy (non-hydrogen) atoms. The quantitative estimate of drug-likeness (QED) is 0.848. The molecule has 0 aliphatic rings. The summed E-state index contributed by atoms with van der Waals surface area (Å²) in [6.45, 7) is 0.496. The van der Waals surface area contributed by atoms with Crippen molar-refractivity contribution in [2.45, 2.75) is 13.0 Å². The second kappa shape index (κ2) is 4.66. The van der Waals surface area contributed by atoms with E-state index in [-0.39, 0.29) is 11.4 Å². The molecule has 0 atom stereocenters. The number of benzene rings is 1. The summed E-state index contributed by atoms with van der Waals surface area (Å²) in [6, 6.07) is 14.4. The fourth-order valence-electron chi connectivity index (χ4n) is 1.62. The van der Waals surface area contributed by atoms with Crippen molar-refractivity contribution in [2.75, 3.05) is 0 Å². The highest BCUT2D eigenvalue weighted by Gasteiger charge is 2.01. The normalized spacial score (nSPS) is 10.2. The first-order chi connectivity index (χ1) is 7.77. The van der Waals surface area contributed by atoms with Crippen LogP contribution in [0.15, 0.2) is 53.3 Å². The van der Waals surface area contributed by atoms with E-state index < -0.39 is 0 Å². The summed E-state index contributed by atoms with van der Waals surface area (Å²) in [5, 5.41) is 9.53. The smallest absolute Gasteiger partial charge is 0.253 e. The van der Waals surface area contributed by atoms with Crippen LogP contribution in [0, 0.1) is 0 Å². The average molecular weight is 215 g/mol. The molecule has 2 rings (SSSR count). The van der Waals surface area contributed by atoms with Gasteiger partial charge in [-0.2, -0.15) is 0 Å². The third kappa shape index (κ3) is 2.31. The Morgan fingerprint density at radius 3 is 2.44 bits per heavy atom. The van der Waals surface area contributed by atoms with Crippen LogP contribution in [0.25, 0.3) is 0 Å². The monoisotopic (exact) mass is 215 g/mol. The fourth-order valence-corrected chi connectivity index (χ4v) is 1.62. The molecule has 3 nitrogen and oxygen atoms in total. The highest BCUT2D eigenvalue weighted by atomic mass is 16.3. The van der Waals surface area contributed by atoms with E-state index in [0.29, 0.717) is 6.54 Å². The minimum atomic E-state index is -0.170. The Hall–Kier alpha value is -2.03. The Balaban J connectivity index is 2.14. The standard InChI is InChI=1S/C13H13NO2/c15-12-7-4-8-13(16)14(12)10-9-11-5-2-1-3-6-11/h1-8,15H,9-10H2. The molecular formula is C13H13NO2. The lowest BCUT2D eigenvalue weighted by molar-refractivity contribution is 0.406. The van der Waals surface area contributed by atoms with Crippen LogP contribution >= 0.6 is 0 Å². The zero-order valence-electron chi connectivity index (χ0n) is 8.84. The zero-order valence-corrected chi connectivity index (χ0v) is 8.84. The van der Waals surface area contributed by atoms with Crippen molar-refractivity contribution in [1.29, 1.82) is 0 Å². The Bertz CT molecular complexity index is 517. The predicted octanol–water partition coefficient (Wildman–Crippen LogP) is 1.80. The Morgan fingerprint density at radius 2 is 1.75 bits per heavy atom. The van der Waals surface area contributed by atoms with Crippen molar-refractivity contribution in [3.05, 3.63) is 64.4 Å². The number of aromatic hydroxyl groups is 1. The highest BCUT2D eigenvalue weighted by Crippen LogP contribution is 2.06. The molecule has 82 valence electrons. The van der Waals surface area contributed by atoms with E-state index in [2.05, 4.69) is 0 Å². The van der Waals surface area contributed by atoms with Gasteiger partial charge in [0.15, 0.2) is 5.88 Å². The topological polar surface area (TPSA) is 42.2 Å². The minimum absolute atomic E-state index is 0.0171. The molecule has 0 radical (unpaired) electrons.